The number of hydrogen-bond donors (Lipinski definition) is 1. The second-order valence-electron chi connectivity index (χ2n) is 5.74. The van der Waals surface area contributed by atoms with Gasteiger partial charge in [-0.1, -0.05) is 11.6 Å². The van der Waals surface area contributed by atoms with Gasteiger partial charge in [-0.15, -0.1) is 0 Å². The van der Waals surface area contributed by atoms with Gasteiger partial charge in [0.05, 0.1) is 53.8 Å². The summed E-state index contributed by atoms with van der Waals surface area (Å²) in [6, 6.07) is 5.58. The van der Waals surface area contributed by atoms with Crippen molar-refractivity contribution in [2.45, 2.75) is 12.2 Å². The average molecular weight is 325 g/mol. The fraction of sp³-hybridized carbons (Fsp3) is 0.533. The Labute approximate surface area is 134 Å². The number of benzene rings is 1. The third-order valence-electron chi connectivity index (χ3n) is 4.20. The van der Waals surface area contributed by atoms with Crippen LogP contribution in [-0.2, 0) is 4.74 Å². The number of nitrogen functional groups attached to an aromatic ring is 1. The van der Waals surface area contributed by atoms with Crippen molar-refractivity contribution in [1.29, 1.82) is 5.26 Å². The quantitative estimate of drug-likeness (QED) is 0.838. The van der Waals surface area contributed by atoms with Crippen LogP contribution >= 0.6 is 11.6 Å². The van der Waals surface area contributed by atoms with Gasteiger partial charge in [-0.2, -0.15) is 5.26 Å². The van der Waals surface area contributed by atoms with Crippen molar-refractivity contribution in [3.8, 4) is 6.07 Å². The van der Waals surface area contributed by atoms with E-state index in [0.29, 0.717) is 54.3 Å². The van der Waals surface area contributed by atoms with Crippen LogP contribution in [0.3, 0.4) is 0 Å². The van der Waals surface area contributed by atoms with E-state index < -0.39 is 6.17 Å². The first kappa shape index (κ1) is 15.3. The number of nitrogens with two attached hydrogens (primary N) is 1. The number of anilines is 2. The van der Waals surface area contributed by atoms with Crippen molar-refractivity contribution in [2.75, 3.05) is 50.0 Å². The first-order valence-electron chi connectivity index (χ1n) is 7.28. The number of nitrogens with zero attached hydrogens (tertiary/aromatic N) is 3. The molecule has 1 unspecified atom stereocenters. The molecule has 3 rings (SSSR count). The number of hydrogen-bond acceptors (Lipinski definition) is 5. The van der Waals surface area contributed by atoms with E-state index in [1.807, 2.05) is 4.90 Å². The second kappa shape index (κ2) is 6.29. The molecule has 0 aromatic heterocycles. The lowest BCUT2D eigenvalue weighted by Crippen LogP contribution is -2.51. The number of halogens is 2. The summed E-state index contributed by atoms with van der Waals surface area (Å²) in [5.41, 5.74) is 7.26. The fourth-order valence-corrected chi connectivity index (χ4v) is 3.12. The molecular weight excluding hydrogens is 307 g/mol. The summed E-state index contributed by atoms with van der Waals surface area (Å²) >= 11 is 6.26. The van der Waals surface area contributed by atoms with Gasteiger partial charge in [0, 0.05) is 19.6 Å². The third kappa shape index (κ3) is 2.98. The van der Waals surface area contributed by atoms with E-state index in [1.165, 1.54) is 6.07 Å². The van der Waals surface area contributed by atoms with Crippen LogP contribution < -0.4 is 10.6 Å². The maximum absolute atomic E-state index is 14.3. The molecule has 2 aliphatic heterocycles. The Morgan fingerprint density at radius 1 is 1.32 bits per heavy atom. The molecule has 0 saturated carbocycles. The van der Waals surface area contributed by atoms with E-state index in [4.69, 9.17) is 27.3 Å². The van der Waals surface area contributed by atoms with E-state index in [-0.39, 0.29) is 6.54 Å². The third-order valence-corrected chi connectivity index (χ3v) is 4.61. The molecule has 22 heavy (non-hydrogen) atoms. The van der Waals surface area contributed by atoms with Crippen LogP contribution in [0.25, 0.3) is 0 Å². The lowest BCUT2D eigenvalue weighted by molar-refractivity contribution is -0.0668. The van der Waals surface area contributed by atoms with Gasteiger partial charge in [-0.25, -0.2) is 4.39 Å². The van der Waals surface area contributed by atoms with Gasteiger partial charge < -0.3 is 15.4 Å². The van der Waals surface area contributed by atoms with Gasteiger partial charge >= 0.3 is 0 Å². The van der Waals surface area contributed by atoms with Crippen LogP contribution in [0.5, 0.6) is 0 Å². The van der Waals surface area contributed by atoms with Crippen molar-refractivity contribution < 1.29 is 9.13 Å². The Kier molecular flexibility index (Phi) is 4.39. The zero-order valence-electron chi connectivity index (χ0n) is 12.1. The summed E-state index contributed by atoms with van der Waals surface area (Å²) in [7, 11) is 0. The smallest absolute Gasteiger partial charge is 0.130 e. The highest BCUT2D eigenvalue weighted by Crippen LogP contribution is 2.33. The molecule has 2 aliphatic rings. The molecule has 0 amide bonds. The summed E-state index contributed by atoms with van der Waals surface area (Å²) < 4.78 is 19.5. The van der Waals surface area contributed by atoms with Crippen molar-refractivity contribution in [1.82, 2.24) is 4.90 Å². The van der Waals surface area contributed by atoms with Gasteiger partial charge in [0.1, 0.15) is 6.17 Å². The van der Waals surface area contributed by atoms with Crippen LogP contribution in [0.2, 0.25) is 5.02 Å². The van der Waals surface area contributed by atoms with E-state index in [2.05, 4.69) is 11.0 Å². The molecule has 0 spiro atoms. The summed E-state index contributed by atoms with van der Waals surface area (Å²) in [5, 5.41) is 9.46. The van der Waals surface area contributed by atoms with E-state index in [1.54, 1.807) is 6.07 Å². The minimum Gasteiger partial charge on any atom is -0.397 e. The lowest BCUT2D eigenvalue weighted by atomic mass is 10.1. The Morgan fingerprint density at radius 3 is 2.73 bits per heavy atom. The minimum absolute atomic E-state index is 0.248. The number of alkyl halides is 1. The van der Waals surface area contributed by atoms with Crippen molar-refractivity contribution in [3.05, 3.63) is 22.7 Å². The summed E-state index contributed by atoms with van der Waals surface area (Å²) in [4.78, 5) is 4.00. The average Bonchev–Trinajstić information content (AvgIpc) is 2.61. The van der Waals surface area contributed by atoms with Gasteiger partial charge in [0.15, 0.2) is 0 Å². The van der Waals surface area contributed by atoms with E-state index in [9.17, 15) is 4.39 Å². The van der Waals surface area contributed by atoms with Crippen LogP contribution in [0.4, 0.5) is 15.8 Å². The van der Waals surface area contributed by atoms with Crippen LogP contribution in [0.1, 0.15) is 5.56 Å². The Morgan fingerprint density at radius 2 is 2.09 bits per heavy atom. The standard InChI is InChI=1S/C15H18ClFN4O/c16-15-13(19)3-10(5-18)4-14(15)21-2-1-20(6-11(17)7-21)12-8-22-9-12/h3-4,11-12H,1-2,6-9,19H2. The number of nitriles is 1. The SMILES string of the molecule is N#Cc1cc(N)c(Cl)c(N2CCN(C3COC3)CC(F)C2)c1. The molecule has 1 atom stereocenters. The largest absolute Gasteiger partial charge is 0.397 e. The molecule has 1 aromatic carbocycles. The fourth-order valence-electron chi connectivity index (χ4n) is 2.89. The molecule has 7 heteroatoms. The van der Waals surface area contributed by atoms with Gasteiger partial charge in [0.2, 0.25) is 0 Å². The predicted octanol–water partition coefficient (Wildman–Crippen LogP) is 1.65. The van der Waals surface area contributed by atoms with Crippen molar-refractivity contribution >= 4 is 23.0 Å². The van der Waals surface area contributed by atoms with Crippen LogP contribution in [0.15, 0.2) is 12.1 Å². The van der Waals surface area contributed by atoms with Gasteiger partial charge in [-0.05, 0) is 12.1 Å². The maximum Gasteiger partial charge on any atom is 0.130 e. The summed E-state index contributed by atoms with van der Waals surface area (Å²) in [6.45, 7) is 3.37. The van der Waals surface area contributed by atoms with Crippen LogP contribution in [0, 0.1) is 11.3 Å². The molecular formula is C15H18ClFN4O. The van der Waals surface area contributed by atoms with E-state index >= 15 is 0 Å². The zero-order valence-corrected chi connectivity index (χ0v) is 12.9. The zero-order chi connectivity index (χ0) is 15.7. The first-order chi connectivity index (χ1) is 10.6. The minimum atomic E-state index is -0.980. The van der Waals surface area contributed by atoms with Gasteiger partial charge in [-0.3, -0.25) is 4.90 Å². The Balaban J connectivity index is 1.82. The van der Waals surface area contributed by atoms with Crippen molar-refractivity contribution in [2.24, 2.45) is 0 Å². The second-order valence-corrected chi connectivity index (χ2v) is 6.12. The van der Waals surface area contributed by atoms with Crippen LogP contribution in [-0.4, -0.2) is 56.5 Å². The molecule has 118 valence electrons. The molecule has 2 N–H and O–H groups in total. The first-order valence-corrected chi connectivity index (χ1v) is 7.66. The van der Waals surface area contributed by atoms with E-state index in [0.717, 1.165) is 6.54 Å². The normalized spacial score (nSPS) is 23.7. The Hall–Kier alpha value is -1.55. The Bertz CT molecular complexity index is 602. The highest BCUT2D eigenvalue weighted by atomic mass is 35.5. The molecule has 0 bridgehead atoms. The monoisotopic (exact) mass is 324 g/mol. The highest BCUT2D eigenvalue weighted by Gasteiger charge is 2.31. The molecule has 2 heterocycles. The molecule has 5 nitrogen and oxygen atoms in total. The number of rotatable bonds is 2. The molecule has 2 fully saturated rings. The molecule has 2 saturated heterocycles. The van der Waals surface area contributed by atoms with Crippen molar-refractivity contribution in [3.63, 3.8) is 0 Å². The predicted molar refractivity (Wildman–Crippen MR) is 83.9 cm³/mol. The maximum atomic E-state index is 14.3. The number of ether oxygens (including phenoxy) is 1. The van der Waals surface area contributed by atoms with Gasteiger partial charge in [0.25, 0.3) is 0 Å². The molecule has 0 aliphatic carbocycles. The topological polar surface area (TPSA) is 65.5 Å². The summed E-state index contributed by atoms with van der Waals surface area (Å²) in [6.07, 6.45) is -0.980. The molecule has 1 aromatic rings. The highest BCUT2D eigenvalue weighted by molar-refractivity contribution is 6.35. The summed E-state index contributed by atoms with van der Waals surface area (Å²) in [5.74, 6) is 0. The lowest BCUT2D eigenvalue weighted by Gasteiger charge is -2.36. The molecule has 0 radical (unpaired) electrons.